The Morgan fingerprint density at radius 1 is 1.00 bits per heavy atom. The van der Waals surface area contributed by atoms with Gasteiger partial charge in [0.15, 0.2) is 0 Å². The van der Waals surface area contributed by atoms with Gasteiger partial charge in [0, 0.05) is 36.2 Å². The molecule has 0 radical (unpaired) electrons. The van der Waals surface area contributed by atoms with E-state index in [1.54, 1.807) is 0 Å². The Hall–Kier alpha value is -3.47. The molecular formula is C28H32N4O. The molecule has 2 aromatic heterocycles. The Kier molecular flexibility index (Phi) is 6.59. The van der Waals surface area contributed by atoms with Crippen molar-refractivity contribution in [2.75, 3.05) is 11.4 Å². The SMILES string of the molecule is CC1=CC(OCc2cccc(C)c2)=C(C)CN1c1cc(-c2ccnc(C(C)C)n2)ncc1C. The largest absolute Gasteiger partial charge is 0.489 e. The molecule has 0 amide bonds. The summed E-state index contributed by atoms with van der Waals surface area (Å²) < 4.78 is 6.20. The molecule has 5 nitrogen and oxygen atoms in total. The van der Waals surface area contributed by atoms with E-state index in [1.807, 2.05) is 18.5 Å². The maximum Gasteiger partial charge on any atom is 0.131 e. The van der Waals surface area contributed by atoms with Crippen molar-refractivity contribution in [2.45, 2.75) is 54.1 Å². The van der Waals surface area contributed by atoms with Gasteiger partial charge in [0.25, 0.3) is 0 Å². The summed E-state index contributed by atoms with van der Waals surface area (Å²) in [5, 5.41) is 0. The Labute approximate surface area is 196 Å². The van der Waals surface area contributed by atoms with Crippen molar-refractivity contribution in [3.05, 3.63) is 94.4 Å². The van der Waals surface area contributed by atoms with E-state index in [2.05, 4.69) is 92.8 Å². The molecule has 3 aromatic rings. The number of allylic oxidation sites excluding steroid dienone is 2. The lowest BCUT2D eigenvalue weighted by atomic mass is 10.1. The van der Waals surface area contributed by atoms with E-state index in [0.717, 1.165) is 46.5 Å². The Bertz CT molecular complexity index is 1230. The molecule has 170 valence electrons. The Morgan fingerprint density at radius 3 is 2.58 bits per heavy atom. The summed E-state index contributed by atoms with van der Waals surface area (Å²) in [6.07, 6.45) is 5.88. The van der Waals surface area contributed by atoms with Gasteiger partial charge in [0.05, 0.1) is 11.4 Å². The van der Waals surface area contributed by atoms with E-state index in [4.69, 9.17) is 9.72 Å². The van der Waals surface area contributed by atoms with E-state index in [0.29, 0.717) is 6.61 Å². The summed E-state index contributed by atoms with van der Waals surface area (Å²) in [5.41, 5.74) is 8.75. The van der Waals surface area contributed by atoms with Crippen LogP contribution in [0.2, 0.25) is 0 Å². The maximum absolute atomic E-state index is 6.20. The highest BCUT2D eigenvalue weighted by Crippen LogP contribution is 2.32. The van der Waals surface area contributed by atoms with E-state index in [-0.39, 0.29) is 5.92 Å². The number of hydrogen-bond acceptors (Lipinski definition) is 5. The average Bonchev–Trinajstić information content (AvgIpc) is 2.80. The number of rotatable bonds is 6. The highest BCUT2D eigenvalue weighted by molar-refractivity contribution is 5.67. The molecule has 4 rings (SSSR count). The second-order valence-corrected chi connectivity index (χ2v) is 9.10. The van der Waals surface area contributed by atoms with Crippen molar-refractivity contribution in [2.24, 2.45) is 0 Å². The van der Waals surface area contributed by atoms with Crippen LogP contribution in [0.4, 0.5) is 5.69 Å². The minimum absolute atomic E-state index is 0.271. The number of aryl methyl sites for hydroxylation is 2. The first-order valence-electron chi connectivity index (χ1n) is 11.5. The summed E-state index contributed by atoms with van der Waals surface area (Å²) >= 11 is 0. The number of benzene rings is 1. The Morgan fingerprint density at radius 2 is 1.82 bits per heavy atom. The zero-order valence-electron chi connectivity index (χ0n) is 20.4. The van der Waals surface area contributed by atoms with Crippen LogP contribution in [0.5, 0.6) is 0 Å². The Balaban J connectivity index is 1.57. The lowest BCUT2D eigenvalue weighted by Crippen LogP contribution is -2.28. The van der Waals surface area contributed by atoms with Gasteiger partial charge in [-0.25, -0.2) is 9.97 Å². The molecule has 0 atom stereocenters. The predicted octanol–water partition coefficient (Wildman–Crippen LogP) is 6.49. The third-order valence-electron chi connectivity index (χ3n) is 5.88. The molecule has 0 unspecified atom stereocenters. The normalized spacial score (nSPS) is 14.0. The first-order chi connectivity index (χ1) is 15.8. The average molecular weight is 441 g/mol. The minimum atomic E-state index is 0.271. The van der Waals surface area contributed by atoms with Crippen LogP contribution >= 0.6 is 0 Å². The molecule has 0 saturated carbocycles. The molecule has 0 N–H and O–H groups in total. The van der Waals surface area contributed by atoms with Crippen LogP contribution in [0.3, 0.4) is 0 Å². The van der Waals surface area contributed by atoms with Gasteiger partial charge in [-0.2, -0.15) is 0 Å². The molecule has 1 aliphatic rings. The topological polar surface area (TPSA) is 51.1 Å². The summed E-state index contributed by atoms with van der Waals surface area (Å²) in [5.74, 6) is 2.06. The van der Waals surface area contributed by atoms with Crippen molar-refractivity contribution in [3.8, 4) is 11.4 Å². The maximum atomic E-state index is 6.20. The number of pyridine rings is 1. The monoisotopic (exact) mass is 440 g/mol. The number of hydrogen-bond donors (Lipinski definition) is 0. The van der Waals surface area contributed by atoms with Crippen molar-refractivity contribution in [3.63, 3.8) is 0 Å². The second-order valence-electron chi connectivity index (χ2n) is 9.10. The molecule has 0 fully saturated rings. The zero-order valence-corrected chi connectivity index (χ0v) is 20.4. The first kappa shape index (κ1) is 22.7. The fourth-order valence-corrected chi connectivity index (χ4v) is 3.97. The first-order valence-corrected chi connectivity index (χ1v) is 11.5. The van der Waals surface area contributed by atoms with Gasteiger partial charge in [-0.1, -0.05) is 43.7 Å². The molecule has 5 heteroatoms. The van der Waals surface area contributed by atoms with Gasteiger partial charge in [0.1, 0.15) is 18.2 Å². The number of ether oxygens (including phenoxy) is 1. The van der Waals surface area contributed by atoms with Gasteiger partial charge >= 0.3 is 0 Å². The van der Waals surface area contributed by atoms with Gasteiger partial charge in [-0.05, 0) is 62.6 Å². The van der Waals surface area contributed by atoms with E-state index in [9.17, 15) is 0 Å². The van der Waals surface area contributed by atoms with Crippen LogP contribution in [-0.2, 0) is 11.3 Å². The summed E-state index contributed by atoms with van der Waals surface area (Å²) in [4.78, 5) is 16.1. The van der Waals surface area contributed by atoms with Gasteiger partial charge in [-0.3, -0.25) is 4.98 Å². The molecule has 0 bridgehead atoms. The molecule has 0 saturated heterocycles. The van der Waals surface area contributed by atoms with Crippen LogP contribution < -0.4 is 4.90 Å². The van der Waals surface area contributed by atoms with Crippen LogP contribution in [0.25, 0.3) is 11.4 Å². The van der Waals surface area contributed by atoms with Gasteiger partial charge in [-0.15, -0.1) is 0 Å². The number of anilines is 1. The van der Waals surface area contributed by atoms with E-state index in [1.165, 1.54) is 16.7 Å². The smallest absolute Gasteiger partial charge is 0.131 e. The summed E-state index contributed by atoms with van der Waals surface area (Å²) in [7, 11) is 0. The van der Waals surface area contributed by atoms with Crippen molar-refractivity contribution >= 4 is 5.69 Å². The van der Waals surface area contributed by atoms with Crippen molar-refractivity contribution in [1.82, 2.24) is 15.0 Å². The predicted molar refractivity (Wildman–Crippen MR) is 134 cm³/mol. The number of aromatic nitrogens is 3. The molecular weight excluding hydrogens is 408 g/mol. The molecule has 0 aliphatic carbocycles. The third kappa shape index (κ3) is 5.14. The quantitative estimate of drug-likeness (QED) is 0.438. The van der Waals surface area contributed by atoms with Gasteiger partial charge < -0.3 is 9.64 Å². The fourth-order valence-electron chi connectivity index (χ4n) is 3.97. The van der Waals surface area contributed by atoms with Crippen molar-refractivity contribution in [1.29, 1.82) is 0 Å². The standard InChI is InChI=1S/C28H32N4O/c1-18(2)28-29-11-10-24(31-28)25-14-26(20(4)15-30-25)32-16-21(5)27(13-22(32)6)33-17-23-9-7-8-19(3)12-23/h7-15,18H,16-17H2,1-6H3. The minimum Gasteiger partial charge on any atom is -0.489 e. The molecule has 3 heterocycles. The summed E-state index contributed by atoms with van der Waals surface area (Å²) in [6, 6.07) is 12.5. The lowest BCUT2D eigenvalue weighted by Gasteiger charge is -2.32. The fraction of sp³-hybridized carbons (Fsp3) is 0.321. The second kappa shape index (κ2) is 9.57. The van der Waals surface area contributed by atoms with Gasteiger partial charge in [0.2, 0.25) is 0 Å². The molecule has 1 aliphatic heterocycles. The highest BCUT2D eigenvalue weighted by atomic mass is 16.5. The van der Waals surface area contributed by atoms with Crippen LogP contribution in [-0.4, -0.2) is 21.5 Å². The third-order valence-corrected chi connectivity index (χ3v) is 5.88. The van der Waals surface area contributed by atoms with Crippen LogP contribution in [0, 0.1) is 13.8 Å². The number of nitrogens with zero attached hydrogens (tertiary/aromatic N) is 4. The molecule has 1 aromatic carbocycles. The van der Waals surface area contributed by atoms with E-state index < -0.39 is 0 Å². The molecule has 0 spiro atoms. The van der Waals surface area contributed by atoms with Crippen LogP contribution in [0.1, 0.15) is 56.1 Å². The van der Waals surface area contributed by atoms with E-state index >= 15 is 0 Å². The summed E-state index contributed by atoms with van der Waals surface area (Å²) in [6.45, 7) is 14.0. The molecule has 33 heavy (non-hydrogen) atoms. The van der Waals surface area contributed by atoms with Crippen molar-refractivity contribution < 1.29 is 4.74 Å². The van der Waals surface area contributed by atoms with Crippen LogP contribution in [0.15, 0.2) is 71.9 Å². The zero-order chi connectivity index (χ0) is 23.5. The lowest BCUT2D eigenvalue weighted by molar-refractivity contribution is 0.206. The highest BCUT2D eigenvalue weighted by Gasteiger charge is 2.20.